The number of methoxy groups -OCH3 is 3. The topological polar surface area (TPSA) is 74.3 Å². The number of benzene rings is 3. The number of fused-ring (bicyclic) bond motifs is 1. The molecule has 1 amide bonds. The van der Waals surface area contributed by atoms with Gasteiger partial charge in [-0.1, -0.05) is 36.4 Å². The van der Waals surface area contributed by atoms with Crippen molar-refractivity contribution in [1.29, 1.82) is 0 Å². The van der Waals surface area contributed by atoms with Crippen LogP contribution >= 0.6 is 0 Å². The van der Waals surface area contributed by atoms with Gasteiger partial charge in [0.1, 0.15) is 17.2 Å². The van der Waals surface area contributed by atoms with Crippen LogP contribution in [0.3, 0.4) is 0 Å². The van der Waals surface area contributed by atoms with Crippen molar-refractivity contribution in [2.24, 2.45) is 0 Å². The monoisotopic (exact) mass is 503 g/mol. The van der Waals surface area contributed by atoms with Crippen LogP contribution in [0.15, 0.2) is 60.7 Å². The Balaban J connectivity index is 1.64. The van der Waals surface area contributed by atoms with E-state index in [1.54, 1.807) is 26.4 Å². The molecule has 1 heterocycles. The Labute approximate surface area is 217 Å². The van der Waals surface area contributed by atoms with Crippen LogP contribution in [0.1, 0.15) is 39.0 Å². The molecule has 7 heteroatoms. The summed E-state index contributed by atoms with van der Waals surface area (Å²) in [5.74, 6) is 1.26. The Bertz CT molecular complexity index is 1230. The van der Waals surface area contributed by atoms with Crippen LogP contribution in [0.2, 0.25) is 0 Å². The van der Waals surface area contributed by atoms with Crippen molar-refractivity contribution in [2.75, 3.05) is 27.9 Å². The van der Waals surface area contributed by atoms with Crippen LogP contribution < -0.4 is 14.2 Å². The number of carbonyl (C=O) groups is 2. The van der Waals surface area contributed by atoms with E-state index in [9.17, 15) is 9.59 Å². The maximum Gasteiger partial charge on any atom is 0.343 e. The minimum absolute atomic E-state index is 0.0142. The second-order valence-corrected chi connectivity index (χ2v) is 9.12. The van der Waals surface area contributed by atoms with Gasteiger partial charge in [-0.2, -0.15) is 0 Å². The van der Waals surface area contributed by atoms with Crippen LogP contribution in [0, 0.1) is 6.92 Å². The predicted molar refractivity (Wildman–Crippen MR) is 140 cm³/mol. The highest BCUT2D eigenvalue weighted by atomic mass is 16.6. The van der Waals surface area contributed by atoms with E-state index >= 15 is 0 Å². The highest BCUT2D eigenvalue weighted by Crippen LogP contribution is 2.33. The molecule has 0 aliphatic carbocycles. The number of hydrogen-bond donors (Lipinski definition) is 0. The molecule has 3 aromatic carbocycles. The normalized spacial score (nSPS) is 14.5. The summed E-state index contributed by atoms with van der Waals surface area (Å²) in [5, 5.41) is 0. The lowest BCUT2D eigenvalue weighted by atomic mass is 9.89. The van der Waals surface area contributed by atoms with Crippen molar-refractivity contribution in [3.05, 3.63) is 88.5 Å². The van der Waals surface area contributed by atoms with Crippen LogP contribution in [0.5, 0.6) is 17.2 Å². The van der Waals surface area contributed by atoms with Crippen molar-refractivity contribution in [3.63, 3.8) is 0 Å². The van der Waals surface area contributed by atoms with E-state index in [0.29, 0.717) is 29.4 Å². The molecule has 3 aromatic rings. The van der Waals surface area contributed by atoms with Gasteiger partial charge < -0.3 is 23.8 Å². The Morgan fingerprint density at radius 2 is 1.62 bits per heavy atom. The molecule has 0 radical (unpaired) electrons. The van der Waals surface area contributed by atoms with Gasteiger partial charge >= 0.3 is 5.97 Å². The average Bonchev–Trinajstić information content (AvgIpc) is 2.94. The van der Waals surface area contributed by atoms with Gasteiger partial charge in [-0.25, -0.2) is 4.79 Å². The number of nitrogens with zero attached hydrogens (tertiary/aromatic N) is 1. The fourth-order valence-electron chi connectivity index (χ4n) is 4.77. The molecule has 0 bridgehead atoms. The third-order valence-corrected chi connectivity index (χ3v) is 6.87. The molecule has 4 rings (SSSR count). The van der Waals surface area contributed by atoms with Gasteiger partial charge in [0, 0.05) is 23.7 Å². The first-order valence-corrected chi connectivity index (χ1v) is 12.3. The van der Waals surface area contributed by atoms with Crippen molar-refractivity contribution < 1.29 is 28.5 Å². The number of rotatable bonds is 9. The minimum atomic E-state index is -0.447. The quantitative estimate of drug-likeness (QED) is 0.392. The highest BCUT2D eigenvalue weighted by molar-refractivity contribution is 5.95. The standard InChI is InChI=1S/C30H33NO6/c1-20-27(34-2)16-23(17-28(20)35-3)30(33)31-18-24-15-26(37-19-29(32)36-4)13-11-22(24)14-25(31)12-10-21-8-6-5-7-9-21/h5-9,11,13,15-17,25H,10,12,14,18-19H2,1-4H3. The van der Waals surface area contributed by atoms with Gasteiger partial charge in [0.25, 0.3) is 5.91 Å². The zero-order chi connectivity index (χ0) is 26.4. The fourth-order valence-corrected chi connectivity index (χ4v) is 4.77. The third kappa shape index (κ3) is 6.05. The first-order chi connectivity index (χ1) is 17.9. The van der Waals surface area contributed by atoms with E-state index in [4.69, 9.17) is 14.2 Å². The molecular weight excluding hydrogens is 470 g/mol. The first kappa shape index (κ1) is 26.1. The van der Waals surface area contributed by atoms with E-state index in [1.165, 1.54) is 18.2 Å². The molecule has 7 nitrogen and oxygen atoms in total. The molecule has 0 fully saturated rings. The molecule has 0 N–H and O–H groups in total. The van der Waals surface area contributed by atoms with E-state index < -0.39 is 5.97 Å². The van der Waals surface area contributed by atoms with E-state index in [0.717, 1.165) is 30.4 Å². The van der Waals surface area contributed by atoms with Crippen LogP contribution in [-0.2, 0) is 28.9 Å². The maximum atomic E-state index is 13.9. The zero-order valence-corrected chi connectivity index (χ0v) is 21.8. The molecule has 1 unspecified atom stereocenters. The lowest BCUT2D eigenvalue weighted by Gasteiger charge is -2.37. The number of hydrogen-bond acceptors (Lipinski definition) is 6. The predicted octanol–water partition coefficient (Wildman–Crippen LogP) is 4.76. The Morgan fingerprint density at radius 3 is 2.27 bits per heavy atom. The highest BCUT2D eigenvalue weighted by Gasteiger charge is 2.31. The van der Waals surface area contributed by atoms with E-state index in [-0.39, 0.29) is 18.6 Å². The molecule has 194 valence electrons. The third-order valence-electron chi connectivity index (χ3n) is 6.87. The molecule has 1 aliphatic rings. The van der Waals surface area contributed by atoms with Gasteiger partial charge in [-0.15, -0.1) is 0 Å². The SMILES string of the molecule is COC(=O)COc1ccc2c(c1)CN(C(=O)c1cc(OC)c(C)c(OC)c1)C(CCc1ccccc1)C2. The molecule has 37 heavy (non-hydrogen) atoms. The van der Waals surface area contributed by atoms with Crippen molar-refractivity contribution in [3.8, 4) is 17.2 Å². The molecule has 1 aliphatic heterocycles. The summed E-state index contributed by atoms with van der Waals surface area (Å²) in [6, 6.07) is 19.7. The van der Waals surface area contributed by atoms with Gasteiger partial charge in [-0.05, 0) is 67.1 Å². The number of aryl methyl sites for hydroxylation is 1. The van der Waals surface area contributed by atoms with Gasteiger partial charge in [-0.3, -0.25) is 4.79 Å². The molecule has 0 saturated carbocycles. The van der Waals surface area contributed by atoms with Crippen LogP contribution in [0.4, 0.5) is 0 Å². The minimum Gasteiger partial charge on any atom is -0.496 e. The van der Waals surface area contributed by atoms with Gasteiger partial charge in [0.05, 0.1) is 21.3 Å². The summed E-state index contributed by atoms with van der Waals surface area (Å²) in [7, 11) is 4.50. The van der Waals surface area contributed by atoms with Gasteiger partial charge in [0.15, 0.2) is 6.61 Å². The lowest BCUT2D eigenvalue weighted by Crippen LogP contribution is -2.44. The second-order valence-electron chi connectivity index (χ2n) is 9.12. The summed E-state index contributed by atoms with van der Waals surface area (Å²) >= 11 is 0. The van der Waals surface area contributed by atoms with Gasteiger partial charge in [0.2, 0.25) is 0 Å². The largest absolute Gasteiger partial charge is 0.496 e. The second kappa shape index (κ2) is 11.8. The summed E-state index contributed by atoms with van der Waals surface area (Å²) < 4.78 is 21.3. The first-order valence-electron chi connectivity index (χ1n) is 12.3. The molecule has 0 saturated heterocycles. The zero-order valence-electron chi connectivity index (χ0n) is 21.8. The molecular formula is C30H33NO6. The maximum absolute atomic E-state index is 13.9. The Kier molecular flexibility index (Phi) is 8.33. The number of carbonyl (C=O) groups excluding carboxylic acids is 2. The molecule has 1 atom stereocenters. The van der Waals surface area contributed by atoms with Crippen molar-refractivity contribution >= 4 is 11.9 Å². The van der Waals surface area contributed by atoms with E-state index in [2.05, 4.69) is 16.9 Å². The summed E-state index contributed by atoms with van der Waals surface area (Å²) in [6.45, 7) is 2.17. The number of esters is 1. The average molecular weight is 504 g/mol. The Hall–Kier alpha value is -4.00. The van der Waals surface area contributed by atoms with Crippen LogP contribution in [-0.4, -0.2) is 50.8 Å². The van der Waals surface area contributed by atoms with Crippen molar-refractivity contribution in [2.45, 2.75) is 38.8 Å². The lowest BCUT2D eigenvalue weighted by molar-refractivity contribution is -0.142. The Morgan fingerprint density at radius 1 is 0.919 bits per heavy atom. The summed E-state index contributed by atoms with van der Waals surface area (Å²) in [4.78, 5) is 27.4. The summed E-state index contributed by atoms with van der Waals surface area (Å²) in [6.07, 6.45) is 2.42. The van der Waals surface area contributed by atoms with Crippen molar-refractivity contribution in [1.82, 2.24) is 4.90 Å². The van der Waals surface area contributed by atoms with E-state index in [1.807, 2.05) is 48.2 Å². The molecule has 0 spiro atoms. The summed E-state index contributed by atoms with van der Waals surface area (Å²) in [5.41, 5.74) is 4.78. The molecule has 0 aromatic heterocycles. The fraction of sp³-hybridized carbons (Fsp3) is 0.333. The smallest absolute Gasteiger partial charge is 0.343 e. The number of amides is 1. The number of ether oxygens (including phenoxy) is 4. The van der Waals surface area contributed by atoms with Crippen LogP contribution in [0.25, 0.3) is 0 Å².